The van der Waals surface area contributed by atoms with Gasteiger partial charge in [0.15, 0.2) is 0 Å². The highest BCUT2D eigenvalue weighted by atomic mass is 35.5. The highest BCUT2D eigenvalue weighted by Gasteiger charge is 2.16. The van der Waals surface area contributed by atoms with Gasteiger partial charge >= 0.3 is 0 Å². The average molecular weight is 347 g/mol. The second-order valence-electron chi connectivity index (χ2n) is 4.55. The van der Waals surface area contributed by atoms with E-state index < -0.39 is 0 Å². The van der Waals surface area contributed by atoms with Gasteiger partial charge in [-0.2, -0.15) is 0 Å². The number of carbonyl (C=O) groups is 1. The molecule has 0 saturated carbocycles. The molecule has 2 aromatic rings. The molecule has 4 nitrogen and oxygen atoms in total. The number of nitrogens with two attached hydrogens (primary N) is 1. The summed E-state index contributed by atoms with van der Waals surface area (Å²) >= 11 is 18.0. The number of amides is 1. The van der Waals surface area contributed by atoms with E-state index in [4.69, 9.17) is 40.5 Å². The second kappa shape index (κ2) is 6.60. The Morgan fingerprint density at radius 1 is 1.24 bits per heavy atom. The Morgan fingerprint density at radius 2 is 1.86 bits per heavy atom. The number of rotatable bonds is 4. The molecule has 1 heterocycles. The van der Waals surface area contributed by atoms with Crippen LogP contribution >= 0.6 is 34.8 Å². The van der Waals surface area contributed by atoms with Gasteiger partial charge in [-0.05, 0) is 24.6 Å². The molecule has 1 aromatic carbocycles. The molecule has 0 radical (unpaired) electrons. The van der Waals surface area contributed by atoms with E-state index in [0.29, 0.717) is 28.6 Å². The lowest BCUT2D eigenvalue weighted by Crippen LogP contribution is -2.17. The van der Waals surface area contributed by atoms with E-state index >= 15 is 0 Å². The first-order valence-electron chi connectivity index (χ1n) is 6.34. The van der Waals surface area contributed by atoms with Crippen LogP contribution in [0.4, 0.5) is 11.4 Å². The molecule has 1 amide bonds. The van der Waals surface area contributed by atoms with E-state index in [-0.39, 0.29) is 16.0 Å². The molecule has 0 aliphatic rings. The third-order valence-electron chi connectivity index (χ3n) is 2.86. The third kappa shape index (κ3) is 3.64. The zero-order valence-electron chi connectivity index (χ0n) is 11.3. The Balaban J connectivity index is 2.30. The summed E-state index contributed by atoms with van der Waals surface area (Å²) in [6.45, 7) is 2.72. The molecule has 3 N–H and O–H groups in total. The normalized spacial score (nSPS) is 10.7. The molecule has 0 spiro atoms. The van der Waals surface area contributed by atoms with Crippen LogP contribution in [0.1, 0.15) is 23.8 Å². The number of halogens is 3. The van der Waals surface area contributed by atoms with Gasteiger partial charge in [0.25, 0.3) is 5.91 Å². The largest absolute Gasteiger partial charge is 0.397 e. The first-order chi connectivity index (χ1) is 9.92. The Hall–Kier alpha value is -1.36. The summed E-state index contributed by atoms with van der Waals surface area (Å²) < 4.78 is 1.79. The molecule has 0 aliphatic carbocycles. The first kappa shape index (κ1) is 16.0. The number of anilines is 2. The molecule has 7 heteroatoms. The standard InChI is InChI=1S/C14H14Cl3N3O/c1-2-3-20-7-9(18)6-12(20)14(21)19-13-10(16)4-8(15)5-11(13)17/h4-7H,2-3,18H2,1H3,(H,19,21). The molecule has 0 bridgehead atoms. The number of hydrogen-bond acceptors (Lipinski definition) is 2. The third-order valence-corrected chi connectivity index (χ3v) is 3.67. The van der Waals surface area contributed by atoms with Crippen molar-refractivity contribution in [2.24, 2.45) is 0 Å². The quantitative estimate of drug-likeness (QED) is 0.843. The fourth-order valence-corrected chi connectivity index (χ4v) is 2.90. The smallest absolute Gasteiger partial charge is 0.272 e. The van der Waals surface area contributed by atoms with Crippen LogP contribution in [0.5, 0.6) is 0 Å². The molecule has 21 heavy (non-hydrogen) atoms. The van der Waals surface area contributed by atoms with Gasteiger partial charge in [0.2, 0.25) is 0 Å². The maximum atomic E-state index is 12.4. The van der Waals surface area contributed by atoms with Crippen LogP contribution in [0.15, 0.2) is 24.4 Å². The number of benzene rings is 1. The van der Waals surface area contributed by atoms with E-state index in [0.717, 1.165) is 6.42 Å². The van der Waals surface area contributed by atoms with Crippen LogP contribution in [0.3, 0.4) is 0 Å². The molecule has 112 valence electrons. The van der Waals surface area contributed by atoms with Crippen molar-refractivity contribution >= 4 is 52.1 Å². The van der Waals surface area contributed by atoms with E-state index in [2.05, 4.69) is 5.32 Å². The van der Waals surface area contributed by atoms with Crippen LogP contribution in [-0.4, -0.2) is 10.5 Å². The number of aryl methyl sites for hydroxylation is 1. The monoisotopic (exact) mass is 345 g/mol. The summed E-state index contributed by atoms with van der Waals surface area (Å²) in [5.41, 5.74) is 7.06. The topological polar surface area (TPSA) is 60.0 Å². The number of hydrogen-bond donors (Lipinski definition) is 2. The van der Waals surface area contributed by atoms with E-state index in [9.17, 15) is 4.79 Å². The van der Waals surface area contributed by atoms with Gasteiger partial charge in [0, 0.05) is 17.8 Å². The van der Waals surface area contributed by atoms with Crippen molar-refractivity contribution in [3.63, 3.8) is 0 Å². The molecule has 2 rings (SSSR count). The number of aromatic nitrogens is 1. The Labute approximate surface area is 137 Å². The van der Waals surface area contributed by atoms with E-state index in [1.807, 2.05) is 6.92 Å². The zero-order valence-corrected chi connectivity index (χ0v) is 13.6. The lowest BCUT2D eigenvalue weighted by molar-refractivity contribution is 0.101. The van der Waals surface area contributed by atoms with Gasteiger partial charge in [0.1, 0.15) is 5.69 Å². The van der Waals surface area contributed by atoms with Gasteiger partial charge in [0.05, 0.1) is 21.4 Å². The summed E-state index contributed by atoms with van der Waals surface area (Å²) in [6.07, 6.45) is 2.61. The van der Waals surface area contributed by atoms with Crippen LogP contribution in [0.25, 0.3) is 0 Å². The molecule has 0 atom stereocenters. The molecule has 0 fully saturated rings. The van der Waals surface area contributed by atoms with Crippen molar-refractivity contribution in [1.29, 1.82) is 0 Å². The number of carbonyl (C=O) groups excluding carboxylic acids is 1. The minimum Gasteiger partial charge on any atom is -0.397 e. The van der Waals surface area contributed by atoms with Gasteiger partial charge in [-0.15, -0.1) is 0 Å². The number of nitrogens with one attached hydrogen (secondary N) is 1. The molecular weight excluding hydrogens is 333 g/mol. The Bertz CT molecular complexity index is 659. The maximum absolute atomic E-state index is 12.4. The van der Waals surface area contributed by atoms with E-state index in [1.54, 1.807) is 16.8 Å². The van der Waals surface area contributed by atoms with Crippen molar-refractivity contribution in [2.75, 3.05) is 11.1 Å². The average Bonchev–Trinajstić information content (AvgIpc) is 2.75. The van der Waals surface area contributed by atoms with Crippen molar-refractivity contribution in [2.45, 2.75) is 19.9 Å². The van der Waals surface area contributed by atoms with Gasteiger partial charge < -0.3 is 15.6 Å². The predicted molar refractivity (Wildman–Crippen MR) is 88.6 cm³/mol. The predicted octanol–water partition coefficient (Wildman–Crippen LogP) is 4.69. The van der Waals surface area contributed by atoms with Gasteiger partial charge in [-0.25, -0.2) is 0 Å². The van der Waals surface area contributed by atoms with E-state index in [1.165, 1.54) is 12.1 Å². The summed E-state index contributed by atoms with van der Waals surface area (Å²) in [7, 11) is 0. The van der Waals surface area contributed by atoms with Crippen LogP contribution < -0.4 is 11.1 Å². The zero-order chi connectivity index (χ0) is 15.6. The summed E-state index contributed by atoms with van der Waals surface area (Å²) in [5.74, 6) is -0.328. The summed E-state index contributed by atoms with van der Waals surface area (Å²) in [5, 5.41) is 3.66. The fraction of sp³-hybridized carbons (Fsp3) is 0.214. The Kier molecular flexibility index (Phi) is 5.04. The fourth-order valence-electron chi connectivity index (χ4n) is 1.99. The van der Waals surface area contributed by atoms with Crippen molar-refractivity contribution < 1.29 is 4.79 Å². The summed E-state index contributed by atoms with van der Waals surface area (Å²) in [6, 6.07) is 4.65. The van der Waals surface area contributed by atoms with Gasteiger partial charge in [-0.3, -0.25) is 4.79 Å². The molecular formula is C14H14Cl3N3O. The second-order valence-corrected chi connectivity index (χ2v) is 5.80. The van der Waals surface area contributed by atoms with Crippen molar-refractivity contribution in [3.05, 3.63) is 45.2 Å². The SMILES string of the molecule is CCCn1cc(N)cc1C(=O)Nc1c(Cl)cc(Cl)cc1Cl. The van der Waals surface area contributed by atoms with Crippen LogP contribution in [-0.2, 0) is 6.54 Å². The molecule has 1 aromatic heterocycles. The van der Waals surface area contributed by atoms with Crippen molar-refractivity contribution in [1.82, 2.24) is 4.57 Å². The minimum absolute atomic E-state index is 0.280. The number of nitrogen functional groups attached to an aromatic ring is 1. The van der Waals surface area contributed by atoms with Gasteiger partial charge in [-0.1, -0.05) is 41.7 Å². The van der Waals surface area contributed by atoms with Crippen molar-refractivity contribution in [3.8, 4) is 0 Å². The highest BCUT2D eigenvalue weighted by Crippen LogP contribution is 2.34. The van der Waals surface area contributed by atoms with Crippen LogP contribution in [0, 0.1) is 0 Å². The first-order valence-corrected chi connectivity index (χ1v) is 7.47. The van der Waals surface area contributed by atoms with Crippen LogP contribution in [0.2, 0.25) is 15.1 Å². The molecule has 0 aliphatic heterocycles. The molecule has 0 unspecified atom stereocenters. The molecule has 0 saturated heterocycles. The number of nitrogens with zero attached hydrogens (tertiary/aromatic N) is 1. The highest BCUT2D eigenvalue weighted by molar-refractivity contribution is 6.42. The lowest BCUT2D eigenvalue weighted by atomic mass is 10.3. The maximum Gasteiger partial charge on any atom is 0.272 e. The summed E-state index contributed by atoms with van der Waals surface area (Å²) in [4.78, 5) is 12.4. The Morgan fingerprint density at radius 3 is 2.43 bits per heavy atom. The lowest BCUT2D eigenvalue weighted by Gasteiger charge is -2.11. The minimum atomic E-state index is -0.328.